The van der Waals surface area contributed by atoms with Crippen molar-refractivity contribution in [3.63, 3.8) is 0 Å². The smallest absolute Gasteiger partial charge is 0.348 e. The number of halogens is 2. The van der Waals surface area contributed by atoms with E-state index in [0.717, 1.165) is 0 Å². The van der Waals surface area contributed by atoms with E-state index in [1.807, 2.05) is 0 Å². The van der Waals surface area contributed by atoms with Crippen LogP contribution in [0.5, 0.6) is 0 Å². The summed E-state index contributed by atoms with van der Waals surface area (Å²) in [7, 11) is 0. The fraction of sp³-hybridized carbons (Fsp3) is 0.800. The molecule has 0 aromatic carbocycles. The van der Waals surface area contributed by atoms with Gasteiger partial charge in [-0.2, -0.15) is 0 Å². The summed E-state index contributed by atoms with van der Waals surface area (Å²) in [6.45, 7) is 3.38. The summed E-state index contributed by atoms with van der Waals surface area (Å²) < 4.78 is 29.8. The number of ether oxygens (including phenoxy) is 1. The zero-order valence-electron chi connectivity index (χ0n) is 8.96. The molecule has 0 saturated carbocycles. The highest BCUT2D eigenvalue weighted by molar-refractivity contribution is 5.89. The monoisotopic (exact) mass is 222 g/mol. The van der Waals surface area contributed by atoms with Gasteiger partial charge in [0, 0.05) is 0 Å². The SMILES string of the molecule is CCCC(F)C(=O)OC(=O)C(F)CCC. The summed E-state index contributed by atoms with van der Waals surface area (Å²) in [6.07, 6.45) is -2.80. The van der Waals surface area contributed by atoms with Crippen LogP contribution in [0.15, 0.2) is 0 Å². The molecule has 0 saturated heterocycles. The molecule has 0 aliphatic rings. The zero-order chi connectivity index (χ0) is 11.8. The molecule has 0 heterocycles. The summed E-state index contributed by atoms with van der Waals surface area (Å²) in [6, 6.07) is 0. The molecule has 0 bridgehead atoms. The number of carbonyl (C=O) groups is 2. The van der Waals surface area contributed by atoms with Crippen molar-refractivity contribution in [3.8, 4) is 0 Å². The third kappa shape index (κ3) is 5.44. The topological polar surface area (TPSA) is 43.4 Å². The van der Waals surface area contributed by atoms with Crippen molar-refractivity contribution in [2.75, 3.05) is 0 Å². The van der Waals surface area contributed by atoms with E-state index in [4.69, 9.17) is 0 Å². The van der Waals surface area contributed by atoms with Crippen LogP contribution in [0.3, 0.4) is 0 Å². The molecule has 0 amide bonds. The Bertz CT molecular complexity index is 197. The number of rotatable bonds is 6. The first-order valence-electron chi connectivity index (χ1n) is 5.06. The fourth-order valence-electron chi connectivity index (χ4n) is 0.970. The molecular formula is C10H16F2O3. The standard InChI is InChI=1S/C10H16F2O3/c1-3-5-7(11)9(13)15-10(14)8(12)6-4-2/h7-8H,3-6H2,1-2H3. The third-order valence-corrected chi connectivity index (χ3v) is 1.80. The first kappa shape index (κ1) is 14.0. The van der Waals surface area contributed by atoms with Crippen molar-refractivity contribution in [3.05, 3.63) is 0 Å². The van der Waals surface area contributed by atoms with Crippen molar-refractivity contribution in [2.24, 2.45) is 0 Å². The van der Waals surface area contributed by atoms with Gasteiger partial charge in [0.2, 0.25) is 0 Å². The fourth-order valence-corrected chi connectivity index (χ4v) is 0.970. The maximum absolute atomic E-state index is 12.9. The lowest BCUT2D eigenvalue weighted by Gasteiger charge is -2.08. The molecule has 15 heavy (non-hydrogen) atoms. The Morgan fingerprint density at radius 2 is 1.33 bits per heavy atom. The van der Waals surface area contributed by atoms with Gasteiger partial charge in [0.25, 0.3) is 0 Å². The van der Waals surface area contributed by atoms with E-state index >= 15 is 0 Å². The van der Waals surface area contributed by atoms with Crippen LogP contribution in [0.4, 0.5) is 8.78 Å². The average molecular weight is 222 g/mol. The number of alkyl halides is 2. The van der Waals surface area contributed by atoms with Crippen molar-refractivity contribution in [2.45, 2.75) is 51.9 Å². The molecule has 0 aliphatic carbocycles. The molecule has 0 spiro atoms. The Hall–Kier alpha value is -1.00. The van der Waals surface area contributed by atoms with Crippen molar-refractivity contribution < 1.29 is 23.1 Å². The van der Waals surface area contributed by atoms with E-state index in [2.05, 4.69) is 4.74 Å². The van der Waals surface area contributed by atoms with E-state index in [1.165, 1.54) is 0 Å². The van der Waals surface area contributed by atoms with Gasteiger partial charge in [-0.05, 0) is 12.8 Å². The number of hydrogen-bond donors (Lipinski definition) is 0. The molecule has 0 N–H and O–H groups in total. The van der Waals surface area contributed by atoms with Gasteiger partial charge in [0.15, 0.2) is 12.3 Å². The largest absolute Gasteiger partial charge is 0.389 e. The molecule has 0 aromatic rings. The minimum absolute atomic E-state index is 0.0170. The van der Waals surface area contributed by atoms with Crippen LogP contribution in [-0.2, 0) is 14.3 Å². The predicted molar refractivity (Wildman–Crippen MR) is 50.7 cm³/mol. The van der Waals surface area contributed by atoms with Gasteiger partial charge in [0.05, 0.1) is 0 Å². The average Bonchev–Trinajstić information content (AvgIpc) is 2.18. The Balaban J connectivity index is 4.00. The van der Waals surface area contributed by atoms with E-state index in [0.29, 0.717) is 12.8 Å². The molecule has 3 nitrogen and oxygen atoms in total. The second-order valence-corrected chi connectivity index (χ2v) is 3.25. The highest BCUT2D eigenvalue weighted by atomic mass is 19.1. The third-order valence-electron chi connectivity index (χ3n) is 1.80. The lowest BCUT2D eigenvalue weighted by Crippen LogP contribution is -2.27. The number of hydrogen-bond acceptors (Lipinski definition) is 3. The van der Waals surface area contributed by atoms with Crippen LogP contribution in [0, 0.1) is 0 Å². The van der Waals surface area contributed by atoms with E-state index in [-0.39, 0.29) is 12.8 Å². The lowest BCUT2D eigenvalue weighted by atomic mass is 10.2. The van der Waals surface area contributed by atoms with Gasteiger partial charge < -0.3 is 4.74 Å². The summed E-state index contributed by atoms with van der Waals surface area (Å²) >= 11 is 0. The highest BCUT2D eigenvalue weighted by Gasteiger charge is 2.25. The molecule has 88 valence electrons. The molecule has 2 unspecified atom stereocenters. The van der Waals surface area contributed by atoms with Crippen molar-refractivity contribution >= 4 is 11.9 Å². The minimum Gasteiger partial charge on any atom is -0.389 e. The van der Waals surface area contributed by atoms with Gasteiger partial charge in [-0.15, -0.1) is 0 Å². The Labute approximate surface area is 87.8 Å². The summed E-state index contributed by atoms with van der Waals surface area (Å²) in [4.78, 5) is 21.7. The van der Waals surface area contributed by atoms with Crippen LogP contribution in [0.2, 0.25) is 0 Å². The van der Waals surface area contributed by atoms with Crippen LogP contribution in [0.1, 0.15) is 39.5 Å². The zero-order valence-corrected chi connectivity index (χ0v) is 8.96. The second-order valence-electron chi connectivity index (χ2n) is 3.25. The molecule has 0 aromatic heterocycles. The molecule has 2 atom stereocenters. The number of carbonyl (C=O) groups excluding carboxylic acids is 2. The number of esters is 2. The van der Waals surface area contributed by atoms with Gasteiger partial charge in [0.1, 0.15) is 0 Å². The summed E-state index contributed by atoms with van der Waals surface area (Å²) in [5.41, 5.74) is 0. The van der Waals surface area contributed by atoms with E-state index in [1.54, 1.807) is 13.8 Å². The maximum atomic E-state index is 12.9. The normalized spacial score (nSPS) is 14.4. The summed E-state index contributed by atoms with van der Waals surface area (Å²) in [5, 5.41) is 0. The molecule has 0 aliphatic heterocycles. The molecule has 0 radical (unpaired) electrons. The molecular weight excluding hydrogens is 206 g/mol. The van der Waals surface area contributed by atoms with Crippen molar-refractivity contribution in [1.29, 1.82) is 0 Å². The van der Waals surface area contributed by atoms with Crippen LogP contribution in [-0.4, -0.2) is 24.3 Å². The van der Waals surface area contributed by atoms with Crippen LogP contribution >= 0.6 is 0 Å². The first-order valence-corrected chi connectivity index (χ1v) is 5.06. The summed E-state index contributed by atoms with van der Waals surface area (Å²) in [5.74, 6) is -2.58. The Kier molecular flexibility index (Phi) is 6.83. The van der Waals surface area contributed by atoms with Gasteiger partial charge in [-0.25, -0.2) is 18.4 Å². The minimum atomic E-state index is -1.84. The molecule has 0 rings (SSSR count). The molecule has 0 fully saturated rings. The van der Waals surface area contributed by atoms with Gasteiger partial charge in [-0.3, -0.25) is 0 Å². The lowest BCUT2D eigenvalue weighted by molar-refractivity contribution is -0.167. The molecule has 5 heteroatoms. The maximum Gasteiger partial charge on any atom is 0.348 e. The Morgan fingerprint density at radius 1 is 1.00 bits per heavy atom. The van der Waals surface area contributed by atoms with E-state index < -0.39 is 24.3 Å². The van der Waals surface area contributed by atoms with Crippen LogP contribution in [0.25, 0.3) is 0 Å². The quantitative estimate of drug-likeness (QED) is 0.511. The highest BCUT2D eigenvalue weighted by Crippen LogP contribution is 2.08. The first-order chi connectivity index (χ1) is 7.02. The van der Waals surface area contributed by atoms with Crippen LogP contribution < -0.4 is 0 Å². The van der Waals surface area contributed by atoms with Crippen molar-refractivity contribution in [1.82, 2.24) is 0 Å². The predicted octanol–water partition coefficient (Wildman–Crippen LogP) is 2.33. The van der Waals surface area contributed by atoms with E-state index in [9.17, 15) is 18.4 Å². The Morgan fingerprint density at radius 3 is 1.60 bits per heavy atom. The second kappa shape index (κ2) is 7.31. The van der Waals surface area contributed by atoms with Gasteiger partial charge >= 0.3 is 11.9 Å². The van der Waals surface area contributed by atoms with Gasteiger partial charge in [-0.1, -0.05) is 26.7 Å².